The normalized spacial score (nSPS) is 12.6. The van der Waals surface area contributed by atoms with E-state index in [2.05, 4.69) is 10.8 Å². The van der Waals surface area contributed by atoms with Crippen LogP contribution in [0.25, 0.3) is 6.08 Å². The first-order valence-electron chi connectivity index (χ1n) is 9.58. The number of anilines is 1. The van der Waals surface area contributed by atoms with E-state index in [1.807, 2.05) is 31.2 Å². The maximum atomic E-state index is 12.4. The van der Waals surface area contributed by atoms with Gasteiger partial charge >= 0.3 is 0 Å². The van der Waals surface area contributed by atoms with Crippen molar-refractivity contribution < 1.29 is 18.3 Å². The van der Waals surface area contributed by atoms with Crippen LogP contribution < -0.4 is 9.46 Å². The van der Waals surface area contributed by atoms with E-state index in [-0.39, 0.29) is 4.90 Å². The average molecular weight is 423 g/mol. The van der Waals surface area contributed by atoms with Crippen molar-refractivity contribution >= 4 is 21.8 Å². The smallest absolute Gasteiger partial charge is 0.261 e. The van der Waals surface area contributed by atoms with Crippen LogP contribution in [0, 0.1) is 13.0 Å². The van der Waals surface area contributed by atoms with Crippen LogP contribution in [0.4, 0.5) is 5.69 Å². The van der Waals surface area contributed by atoms with Crippen LogP contribution in [0.15, 0.2) is 83.8 Å². The van der Waals surface area contributed by atoms with Gasteiger partial charge in [-0.25, -0.2) is 8.42 Å². The first kappa shape index (κ1) is 21.6. The highest BCUT2D eigenvalue weighted by molar-refractivity contribution is 7.92. The molecule has 0 heterocycles. The van der Waals surface area contributed by atoms with Crippen molar-refractivity contribution in [3.63, 3.8) is 0 Å². The number of ether oxygens (including phenoxy) is 1. The van der Waals surface area contributed by atoms with Crippen LogP contribution in [0.3, 0.4) is 0 Å². The Morgan fingerprint density at radius 2 is 1.90 bits per heavy atom. The van der Waals surface area contributed by atoms with E-state index in [1.165, 1.54) is 0 Å². The van der Waals surface area contributed by atoms with Gasteiger partial charge in [-0.3, -0.25) is 4.72 Å². The third-order valence-electron chi connectivity index (χ3n) is 4.31. The number of rotatable bonds is 9. The molecule has 0 fully saturated rings. The summed E-state index contributed by atoms with van der Waals surface area (Å²) in [5, 5.41) is 10.1. The van der Waals surface area contributed by atoms with E-state index in [0.29, 0.717) is 24.5 Å². The first-order chi connectivity index (χ1) is 14.4. The largest absolute Gasteiger partial charge is 0.493 e. The first-order valence-corrected chi connectivity index (χ1v) is 11.1. The van der Waals surface area contributed by atoms with Gasteiger partial charge in [0.25, 0.3) is 10.0 Å². The Kier molecular flexibility index (Phi) is 7.27. The summed E-state index contributed by atoms with van der Waals surface area (Å²) in [5.41, 5.74) is 2.34. The summed E-state index contributed by atoms with van der Waals surface area (Å²) in [4.78, 5) is 0.201. The van der Waals surface area contributed by atoms with E-state index < -0.39 is 16.1 Å². The Balaban J connectivity index is 1.55. The molecule has 1 atom stereocenters. The van der Waals surface area contributed by atoms with E-state index in [1.54, 1.807) is 60.7 Å². The minimum Gasteiger partial charge on any atom is -0.493 e. The second-order valence-corrected chi connectivity index (χ2v) is 8.52. The summed E-state index contributed by atoms with van der Waals surface area (Å²) < 4.78 is 33.0. The lowest BCUT2D eigenvalue weighted by molar-refractivity contribution is 0.179. The maximum absolute atomic E-state index is 12.4. The molecule has 6 heteroatoms. The van der Waals surface area contributed by atoms with Gasteiger partial charge in [-0.1, -0.05) is 54.1 Å². The quantitative estimate of drug-likeness (QED) is 0.535. The highest BCUT2D eigenvalue weighted by atomic mass is 32.2. The van der Waals surface area contributed by atoms with Crippen molar-refractivity contribution in [3.05, 3.63) is 96.1 Å². The summed E-state index contributed by atoms with van der Waals surface area (Å²) in [7, 11) is -3.65. The van der Waals surface area contributed by atoms with Gasteiger partial charge in [0.1, 0.15) is 5.75 Å². The van der Waals surface area contributed by atoms with Gasteiger partial charge in [0.2, 0.25) is 0 Å². The Labute approximate surface area is 177 Å². The minimum absolute atomic E-state index is 0.201. The molecule has 0 saturated heterocycles. The predicted molar refractivity (Wildman–Crippen MR) is 119 cm³/mol. The zero-order valence-electron chi connectivity index (χ0n) is 16.7. The number of sulfonamides is 1. The Morgan fingerprint density at radius 1 is 1.10 bits per heavy atom. The molecule has 0 aromatic heterocycles. The number of nitrogens with one attached hydrogen (secondary N) is 1. The molecule has 1 radical (unpaired) electrons. The van der Waals surface area contributed by atoms with Gasteiger partial charge in [0, 0.05) is 18.2 Å². The summed E-state index contributed by atoms with van der Waals surface area (Å²) in [6, 6.07) is 23.8. The second kappa shape index (κ2) is 10.1. The third kappa shape index (κ3) is 6.47. The molecule has 155 valence electrons. The fourth-order valence-electron chi connectivity index (χ4n) is 2.71. The molecule has 3 aromatic rings. The van der Waals surface area contributed by atoms with Crippen molar-refractivity contribution in [1.29, 1.82) is 0 Å². The molecule has 3 rings (SSSR count). The highest BCUT2D eigenvalue weighted by Gasteiger charge is 2.13. The topological polar surface area (TPSA) is 75.6 Å². The van der Waals surface area contributed by atoms with Gasteiger partial charge in [-0.15, -0.1) is 0 Å². The molecule has 0 spiro atoms. The number of aliphatic hydroxyl groups excluding tert-OH is 1. The summed E-state index contributed by atoms with van der Waals surface area (Å²) >= 11 is 0. The van der Waals surface area contributed by atoms with Crippen molar-refractivity contribution in [2.24, 2.45) is 0 Å². The van der Waals surface area contributed by atoms with Crippen LogP contribution in [-0.2, 0) is 10.0 Å². The van der Waals surface area contributed by atoms with Gasteiger partial charge in [-0.2, -0.15) is 0 Å². The number of aliphatic hydroxyl groups is 1. The molecule has 2 N–H and O–H groups in total. The molecule has 0 aliphatic heterocycles. The summed E-state index contributed by atoms with van der Waals surface area (Å²) in [6.07, 6.45) is 3.16. The van der Waals surface area contributed by atoms with Crippen LogP contribution in [-0.4, -0.2) is 26.2 Å². The monoisotopic (exact) mass is 422 g/mol. The lowest BCUT2D eigenvalue weighted by Crippen LogP contribution is -2.12. The molecule has 0 aliphatic carbocycles. The third-order valence-corrected chi connectivity index (χ3v) is 5.71. The van der Waals surface area contributed by atoms with Gasteiger partial charge < -0.3 is 9.84 Å². The predicted octanol–water partition coefficient (Wildman–Crippen LogP) is 4.44. The van der Waals surface area contributed by atoms with E-state index >= 15 is 0 Å². The molecule has 0 saturated carbocycles. The van der Waals surface area contributed by atoms with Crippen molar-refractivity contribution in [1.82, 2.24) is 0 Å². The fourth-order valence-corrected chi connectivity index (χ4v) is 3.78. The zero-order valence-corrected chi connectivity index (χ0v) is 17.5. The number of hydrogen-bond donors (Lipinski definition) is 2. The van der Waals surface area contributed by atoms with Crippen molar-refractivity contribution in [2.45, 2.75) is 24.3 Å². The lowest BCUT2D eigenvalue weighted by atomic mass is 10.1. The van der Waals surface area contributed by atoms with Crippen LogP contribution in [0.5, 0.6) is 5.75 Å². The van der Waals surface area contributed by atoms with E-state index in [9.17, 15) is 13.5 Å². The molecule has 0 unspecified atom stereocenters. The second-order valence-electron chi connectivity index (χ2n) is 6.84. The number of hydrogen-bond acceptors (Lipinski definition) is 4. The molecule has 3 aromatic carbocycles. The Morgan fingerprint density at radius 3 is 2.63 bits per heavy atom. The van der Waals surface area contributed by atoms with E-state index in [0.717, 1.165) is 11.1 Å². The number of aryl methyl sites for hydroxylation is 1. The van der Waals surface area contributed by atoms with Crippen LogP contribution >= 0.6 is 0 Å². The highest BCUT2D eigenvalue weighted by Crippen LogP contribution is 2.18. The van der Waals surface area contributed by atoms with Crippen molar-refractivity contribution in [3.8, 4) is 5.75 Å². The minimum atomic E-state index is -3.65. The zero-order chi connectivity index (χ0) is 21.4. The Hall–Kier alpha value is -3.09. The SMILES string of the molecule is Cc1c[c]c(OCC[C@@H](O)/C=C/c2cccc(NS(=O)(=O)c3ccccc3)c2)cc1. The summed E-state index contributed by atoms with van der Waals surface area (Å²) in [6.45, 7) is 2.35. The molecule has 0 amide bonds. The van der Waals surface area contributed by atoms with Crippen LogP contribution in [0.2, 0.25) is 0 Å². The summed E-state index contributed by atoms with van der Waals surface area (Å²) in [5.74, 6) is 0.648. The van der Waals surface area contributed by atoms with Crippen LogP contribution in [0.1, 0.15) is 17.5 Å². The molecule has 30 heavy (non-hydrogen) atoms. The molecule has 5 nitrogen and oxygen atoms in total. The molecular formula is C24H24NO4S. The van der Waals surface area contributed by atoms with Crippen molar-refractivity contribution in [2.75, 3.05) is 11.3 Å². The van der Waals surface area contributed by atoms with E-state index in [4.69, 9.17) is 4.74 Å². The standard InChI is InChI=1S/C24H24NO4S/c1-19-10-14-23(15-11-19)29-17-16-22(26)13-12-20-6-5-7-21(18-20)25-30(27,28)24-8-3-2-4-9-24/h2-14,18,22,25-26H,16-17H2,1H3/b13-12+/t22-/m0/s1. The fraction of sp³-hybridized carbons (Fsp3) is 0.167. The van der Waals surface area contributed by atoms with Gasteiger partial charge in [0.15, 0.2) is 0 Å². The maximum Gasteiger partial charge on any atom is 0.261 e. The average Bonchev–Trinajstić information content (AvgIpc) is 2.74. The number of benzene rings is 3. The van der Waals surface area contributed by atoms with Gasteiger partial charge in [-0.05, 0) is 48.9 Å². The molecular weight excluding hydrogens is 398 g/mol. The Bertz CT molecular complexity index is 1080. The molecule has 0 bridgehead atoms. The lowest BCUT2D eigenvalue weighted by Gasteiger charge is -2.09. The van der Waals surface area contributed by atoms with Gasteiger partial charge in [0.05, 0.1) is 17.6 Å². The molecule has 0 aliphatic rings.